The number of carbonyl (C=O) groups is 1. The zero-order valence-corrected chi connectivity index (χ0v) is 19.9. The summed E-state index contributed by atoms with van der Waals surface area (Å²) in [5.41, 5.74) is -0.421. The quantitative estimate of drug-likeness (QED) is 0.396. The van der Waals surface area contributed by atoms with Gasteiger partial charge in [-0.05, 0) is 106 Å². The van der Waals surface area contributed by atoms with Crippen LogP contribution in [-0.2, 0) is 4.74 Å². The third kappa shape index (κ3) is 6.37. The molecule has 1 aromatic heterocycles. The molecule has 1 saturated carbocycles. The molecule has 0 bridgehead atoms. The zero-order valence-electron chi connectivity index (χ0n) is 17.0. The van der Waals surface area contributed by atoms with Crippen LogP contribution in [0.1, 0.15) is 59.3 Å². The zero-order chi connectivity index (χ0) is 20.3. The fourth-order valence-electron chi connectivity index (χ4n) is 4.36. The molecular formula is C21H31ClIN3O2. The van der Waals surface area contributed by atoms with E-state index < -0.39 is 5.60 Å². The molecule has 1 aliphatic heterocycles. The van der Waals surface area contributed by atoms with Crippen molar-refractivity contribution in [2.45, 2.75) is 70.9 Å². The van der Waals surface area contributed by atoms with Crippen molar-refractivity contribution < 1.29 is 9.53 Å². The van der Waals surface area contributed by atoms with Crippen molar-refractivity contribution in [2.75, 3.05) is 18.4 Å². The molecular weight excluding hydrogens is 489 g/mol. The summed E-state index contributed by atoms with van der Waals surface area (Å²) in [5.74, 6) is 2.38. The highest BCUT2D eigenvalue weighted by molar-refractivity contribution is 14.1. The van der Waals surface area contributed by atoms with Crippen LogP contribution < -0.4 is 5.32 Å². The molecule has 1 aromatic rings. The van der Waals surface area contributed by atoms with Crippen LogP contribution in [0.2, 0.25) is 5.15 Å². The van der Waals surface area contributed by atoms with Gasteiger partial charge in [0, 0.05) is 22.7 Å². The standard InChI is InChI=1S/C21H31ClIN3O2/c1-21(2,3)28-20(27)26-10-8-15(9-11-26)14-4-6-17(7-5-14)24-19-13-16(23)12-18(22)25-19/h12-15,17H,4-11H2,1-3H3,(H,24,25). The van der Waals surface area contributed by atoms with Crippen molar-refractivity contribution in [3.8, 4) is 0 Å². The Morgan fingerprint density at radius 3 is 2.32 bits per heavy atom. The molecule has 2 aliphatic rings. The Balaban J connectivity index is 1.43. The maximum Gasteiger partial charge on any atom is 0.410 e. The minimum Gasteiger partial charge on any atom is -0.444 e. The van der Waals surface area contributed by atoms with Gasteiger partial charge in [0.1, 0.15) is 16.6 Å². The van der Waals surface area contributed by atoms with E-state index in [0.717, 1.165) is 47.2 Å². The first kappa shape index (κ1) is 21.9. The first-order valence-electron chi connectivity index (χ1n) is 10.3. The number of anilines is 1. The van der Waals surface area contributed by atoms with E-state index in [9.17, 15) is 4.79 Å². The number of aromatic nitrogens is 1. The molecule has 0 aromatic carbocycles. The van der Waals surface area contributed by atoms with Gasteiger partial charge in [-0.15, -0.1) is 0 Å². The summed E-state index contributed by atoms with van der Waals surface area (Å²) in [7, 11) is 0. The third-order valence-electron chi connectivity index (χ3n) is 5.74. The highest BCUT2D eigenvalue weighted by Gasteiger charge is 2.32. The molecule has 2 fully saturated rings. The van der Waals surface area contributed by atoms with Gasteiger partial charge < -0.3 is 15.0 Å². The molecule has 0 radical (unpaired) electrons. The largest absolute Gasteiger partial charge is 0.444 e. The lowest BCUT2D eigenvalue weighted by Gasteiger charge is -2.39. The van der Waals surface area contributed by atoms with Crippen molar-refractivity contribution in [3.63, 3.8) is 0 Å². The van der Waals surface area contributed by atoms with E-state index in [4.69, 9.17) is 16.3 Å². The maximum atomic E-state index is 12.2. The van der Waals surface area contributed by atoms with Crippen LogP contribution in [0.5, 0.6) is 0 Å². The number of piperidine rings is 1. The van der Waals surface area contributed by atoms with Gasteiger partial charge in [-0.2, -0.15) is 0 Å². The molecule has 0 spiro atoms. The van der Waals surface area contributed by atoms with E-state index in [-0.39, 0.29) is 6.09 Å². The summed E-state index contributed by atoms with van der Waals surface area (Å²) in [6.45, 7) is 7.41. The summed E-state index contributed by atoms with van der Waals surface area (Å²) in [5, 5.41) is 4.10. The summed E-state index contributed by atoms with van der Waals surface area (Å²) in [6.07, 6.45) is 6.84. The number of hydrogen-bond donors (Lipinski definition) is 1. The SMILES string of the molecule is CC(C)(C)OC(=O)N1CCC(C2CCC(Nc3cc(I)cc(Cl)n3)CC2)CC1. The van der Waals surface area contributed by atoms with Crippen molar-refractivity contribution >= 4 is 46.1 Å². The van der Waals surface area contributed by atoms with Gasteiger partial charge in [-0.3, -0.25) is 0 Å². The van der Waals surface area contributed by atoms with E-state index in [1.54, 1.807) is 0 Å². The number of nitrogens with one attached hydrogen (secondary N) is 1. The van der Waals surface area contributed by atoms with Crippen LogP contribution >= 0.6 is 34.2 Å². The molecule has 156 valence electrons. The highest BCUT2D eigenvalue weighted by atomic mass is 127. The van der Waals surface area contributed by atoms with Gasteiger partial charge in [0.15, 0.2) is 0 Å². The van der Waals surface area contributed by atoms with Crippen LogP contribution in [0.15, 0.2) is 12.1 Å². The van der Waals surface area contributed by atoms with E-state index >= 15 is 0 Å². The van der Waals surface area contributed by atoms with Gasteiger partial charge in [0.05, 0.1) is 0 Å². The predicted molar refractivity (Wildman–Crippen MR) is 122 cm³/mol. The Labute approximate surface area is 187 Å². The Bertz CT molecular complexity index is 658. The average molecular weight is 520 g/mol. The minimum atomic E-state index is -0.421. The number of nitrogens with zero attached hydrogens (tertiary/aromatic N) is 2. The maximum absolute atomic E-state index is 12.2. The number of carbonyl (C=O) groups excluding carboxylic acids is 1. The van der Waals surface area contributed by atoms with Crippen LogP contribution in [0.25, 0.3) is 0 Å². The van der Waals surface area contributed by atoms with Gasteiger partial charge in [0.25, 0.3) is 0 Å². The first-order valence-corrected chi connectivity index (χ1v) is 11.7. The molecule has 0 unspecified atom stereocenters. The number of rotatable bonds is 3. The van der Waals surface area contributed by atoms with Gasteiger partial charge in [-0.25, -0.2) is 9.78 Å². The third-order valence-corrected chi connectivity index (χ3v) is 6.56. The van der Waals surface area contributed by atoms with Crippen molar-refractivity contribution in [2.24, 2.45) is 11.8 Å². The number of amides is 1. The topological polar surface area (TPSA) is 54.5 Å². The van der Waals surface area contributed by atoms with Gasteiger partial charge in [-0.1, -0.05) is 11.6 Å². The predicted octanol–water partition coefficient (Wildman–Crippen LogP) is 5.96. The van der Waals surface area contributed by atoms with Crippen molar-refractivity contribution in [3.05, 3.63) is 20.9 Å². The lowest BCUT2D eigenvalue weighted by molar-refractivity contribution is 0.0148. The second-order valence-electron chi connectivity index (χ2n) is 9.05. The molecule has 1 saturated heterocycles. The minimum absolute atomic E-state index is 0.164. The molecule has 28 heavy (non-hydrogen) atoms. The fraction of sp³-hybridized carbons (Fsp3) is 0.714. The summed E-state index contributed by atoms with van der Waals surface area (Å²) in [6, 6.07) is 4.39. The molecule has 7 heteroatoms. The van der Waals surface area contributed by atoms with E-state index in [0.29, 0.717) is 11.2 Å². The van der Waals surface area contributed by atoms with Crippen LogP contribution in [0, 0.1) is 15.4 Å². The van der Waals surface area contributed by atoms with Crippen molar-refractivity contribution in [1.82, 2.24) is 9.88 Å². The molecule has 5 nitrogen and oxygen atoms in total. The molecule has 2 heterocycles. The Hall–Kier alpha value is -0.760. The normalized spacial score (nSPS) is 24.1. The smallest absolute Gasteiger partial charge is 0.410 e. The second-order valence-corrected chi connectivity index (χ2v) is 10.7. The van der Waals surface area contributed by atoms with Crippen molar-refractivity contribution in [1.29, 1.82) is 0 Å². The van der Waals surface area contributed by atoms with Gasteiger partial charge in [0.2, 0.25) is 0 Å². The van der Waals surface area contributed by atoms with Crippen LogP contribution in [0.3, 0.4) is 0 Å². The summed E-state index contributed by atoms with van der Waals surface area (Å²) in [4.78, 5) is 18.5. The van der Waals surface area contributed by atoms with E-state index in [2.05, 4.69) is 32.9 Å². The van der Waals surface area contributed by atoms with E-state index in [1.165, 1.54) is 25.7 Å². The molecule has 0 atom stereocenters. The first-order chi connectivity index (χ1) is 13.2. The number of pyridine rings is 1. The average Bonchev–Trinajstić information content (AvgIpc) is 2.60. The number of ether oxygens (including phenoxy) is 1. The molecule has 3 rings (SSSR count). The van der Waals surface area contributed by atoms with Crippen LogP contribution in [-0.4, -0.2) is 40.7 Å². The summed E-state index contributed by atoms with van der Waals surface area (Å²) < 4.78 is 6.61. The Morgan fingerprint density at radius 2 is 1.75 bits per heavy atom. The Morgan fingerprint density at radius 1 is 1.14 bits per heavy atom. The molecule has 1 aliphatic carbocycles. The van der Waals surface area contributed by atoms with Crippen LogP contribution in [0.4, 0.5) is 10.6 Å². The number of hydrogen-bond acceptors (Lipinski definition) is 4. The van der Waals surface area contributed by atoms with E-state index in [1.807, 2.05) is 37.8 Å². The Kier molecular flexibility index (Phi) is 7.34. The lowest BCUT2D eigenvalue weighted by Crippen LogP contribution is -2.43. The molecule has 1 N–H and O–H groups in total. The van der Waals surface area contributed by atoms with Gasteiger partial charge >= 0.3 is 6.09 Å². The fourth-order valence-corrected chi connectivity index (χ4v) is 5.35. The number of halogens is 2. The summed E-state index contributed by atoms with van der Waals surface area (Å²) >= 11 is 8.34. The molecule has 1 amide bonds. The highest BCUT2D eigenvalue weighted by Crippen LogP contribution is 2.37. The lowest BCUT2D eigenvalue weighted by atomic mass is 9.74. The monoisotopic (exact) mass is 519 g/mol. The second kappa shape index (κ2) is 9.37. The number of likely N-dealkylation sites (tertiary alicyclic amines) is 1.